The second-order valence-corrected chi connectivity index (χ2v) is 3.33. The molecule has 0 aliphatic carbocycles. The van der Waals surface area contributed by atoms with Gasteiger partial charge in [-0.1, -0.05) is 6.07 Å². The summed E-state index contributed by atoms with van der Waals surface area (Å²) < 4.78 is 18.4. The summed E-state index contributed by atoms with van der Waals surface area (Å²) in [4.78, 5) is 24.7. The molecule has 0 aliphatic heterocycles. The van der Waals surface area contributed by atoms with Crippen LogP contribution in [0.25, 0.3) is 10.9 Å². The maximum absolute atomic E-state index is 13.5. The van der Waals surface area contributed by atoms with Crippen molar-refractivity contribution in [1.29, 1.82) is 0 Å². The van der Waals surface area contributed by atoms with Crippen LogP contribution in [0.5, 0.6) is 5.75 Å². The Morgan fingerprint density at radius 2 is 2.18 bits per heavy atom. The number of para-hydroxylation sites is 1. The van der Waals surface area contributed by atoms with Crippen molar-refractivity contribution in [2.45, 2.75) is 0 Å². The van der Waals surface area contributed by atoms with Crippen LogP contribution in [-0.4, -0.2) is 23.2 Å². The van der Waals surface area contributed by atoms with Crippen molar-refractivity contribution < 1.29 is 19.0 Å². The molecule has 0 radical (unpaired) electrons. The molecule has 0 amide bonds. The van der Waals surface area contributed by atoms with Gasteiger partial charge in [-0.2, -0.15) is 4.39 Å². The van der Waals surface area contributed by atoms with Gasteiger partial charge < -0.3 is 14.8 Å². The number of methoxy groups -OCH3 is 1. The number of carbonyl (C=O) groups is 1. The third-order valence-corrected chi connectivity index (χ3v) is 2.39. The van der Waals surface area contributed by atoms with Crippen LogP contribution in [-0.2, 0) is 0 Å². The molecule has 1 heterocycles. The topological polar surface area (TPSA) is 79.4 Å². The van der Waals surface area contributed by atoms with Crippen LogP contribution in [0, 0.1) is 5.95 Å². The quantitative estimate of drug-likeness (QED) is 0.773. The number of aromatic carboxylic acids is 1. The number of halogens is 1. The van der Waals surface area contributed by atoms with E-state index in [-0.39, 0.29) is 16.7 Å². The number of aromatic amines is 1. The molecule has 0 spiro atoms. The molecule has 17 heavy (non-hydrogen) atoms. The van der Waals surface area contributed by atoms with Gasteiger partial charge in [0.1, 0.15) is 5.75 Å². The minimum absolute atomic E-state index is 0.0724. The van der Waals surface area contributed by atoms with Crippen LogP contribution in [0.2, 0.25) is 0 Å². The number of H-pyrrole nitrogens is 1. The smallest absolute Gasteiger partial charge is 0.344 e. The van der Waals surface area contributed by atoms with Crippen molar-refractivity contribution in [3.05, 3.63) is 39.9 Å². The largest absolute Gasteiger partial charge is 0.495 e. The first-order chi connectivity index (χ1) is 8.06. The molecule has 0 saturated heterocycles. The van der Waals surface area contributed by atoms with Crippen molar-refractivity contribution in [1.82, 2.24) is 4.98 Å². The number of carboxylic acid groups (broad SMARTS) is 1. The molecule has 5 nitrogen and oxygen atoms in total. The molecule has 2 aromatic rings. The Hall–Kier alpha value is -2.37. The Morgan fingerprint density at radius 3 is 2.76 bits per heavy atom. The summed E-state index contributed by atoms with van der Waals surface area (Å²) in [5.74, 6) is -2.51. The van der Waals surface area contributed by atoms with Crippen molar-refractivity contribution in [3.63, 3.8) is 0 Å². The van der Waals surface area contributed by atoms with Gasteiger partial charge in [-0.3, -0.25) is 4.79 Å². The summed E-state index contributed by atoms with van der Waals surface area (Å²) in [5, 5.41) is 8.81. The molecule has 0 saturated carbocycles. The van der Waals surface area contributed by atoms with Crippen LogP contribution in [0.4, 0.5) is 4.39 Å². The van der Waals surface area contributed by atoms with E-state index in [2.05, 4.69) is 4.98 Å². The zero-order valence-corrected chi connectivity index (χ0v) is 8.78. The SMILES string of the molecule is COc1cccc2c(=O)c(C(=O)O)c(F)[nH]c12. The molecule has 1 aromatic carbocycles. The minimum atomic E-state index is -1.60. The molecular weight excluding hydrogens is 229 g/mol. The molecule has 0 aliphatic rings. The lowest BCUT2D eigenvalue weighted by molar-refractivity contribution is 0.0689. The summed E-state index contributed by atoms with van der Waals surface area (Å²) >= 11 is 0. The molecule has 2 N–H and O–H groups in total. The second-order valence-electron chi connectivity index (χ2n) is 3.33. The summed E-state index contributed by atoms with van der Waals surface area (Å²) in [6.07, 6.45) is 0. The predicted octanol–water partition coefficient (Wildman–Crippen LogP) is 1.37. The molecule has 1 aromatic heterocycles. The van der Waals surface area contributed by atoms with Gasteiger partial charge in [0, 0.05) is 0 Å². The maximum Gasteiger partial charge on any atom is 0.344 e. The third-order valence-electron chi connectivity index (χ3n) is 2.39. The van der Waals surface area contributed by atoms with E-state index in [4.69, 9.17) is 9.84 Å². The first-order valence-electron chi connectivity index (χ1n) is 4.68. The number of hydrogen-bond acceptors (Lipinski definition) is 3. The number of benzene rings is 1. The van der Waals surface area contributed by atoms with Gasteiger partial charge in [-0.25, -0.2) is 4.79 Å². The first kappa shape index (κ1) is 11.1. The molecule has 0 fully saturated rings. The molecule has 0 atom stereocenters. The molecule has 2 rings (SSSR count). The highest BCUT2D eigenvalue weighted by Gasteiger charge is 2.19. The maximum atomic E-state index is 13.5. The number of fused-ring (bicyclic) bond motifs is 1. The lowest BCUT2D eigenvalue weighted by atomic mass is 10.1. The molecule has 0 bridgehead atoms. The molecular formula is C11H8FNO4. The highest BCUT2D eigenvalue weighted by molar-refractivity contribution is 5.94. The fraction of sp³-hybridized carbons (Fsp3) is 0.0909. The lowest BCUT2D eigenvalue weighted by Crippen LogP contribution is -2.19. The molecule has 88 valence electrons. The zero-order chi connectivity index (χ0) is 12.6. The summed E-state index contributed by atoms with van der Waals surface area (Å²) in [7, 11) is 1.37. The van der Waals surface area contributed by atoms with Gasteiger partial charge in [0.15, 0.2) is 5.56 Å². The van der Waals surface area contributed by atoms with Gasteiger partial charge in [-0.05, 0) is 12.1 Å². The van der Waals surface area contributed by atoms with Crippen molar-refractivity contribution >= 4 is 16.9 Å². The number of nitrogens with one attached hydrogen (secondary N) is 1. The number of hydrogen-bond donors (Lipinski definition) is 2. The van der Waals surface area contributed by atoms with Crippen molar-refractivity contribution in [3.8, 4) is 5.75 Å². The average molecular weight is 237 g/mol. The molecule has 0 unspecified atom stereocenters. The summed E-state index contributed by atoms with van der Waals surface area (Å²) in [6, 6.07) is 4.47. The van der Waals surface area contributed by atoms with Gasteiger partial charge in [-0.15, -0.1) is 0 Å². The van der Waals surface area contributed by atoms with Gasteiger partial charge >= 0.3 is 5.97 Å². The zero-order valence-electron chi connectivity index (χ0n) is 8.78. The van der Waals surface area contributed by atoms with Crippen molar-refractivity contribution in [2.75, 3.05) is 7.11 Å². The van der Waals surface area contributed by atoms with Crippen LogP contribution in [0.1, 0.15) is 10.4 Å². The highest BCUT2D eigenvalue weighted by atomic mass is 19.1. The van der Waals surface area contributed by atoms with E-state index < -0.39 is 22.9 Å². The third kappa shape index (κ3) is 1.63. The van der Waals surface area contributed by atoms with E-state index in [0.29, 0.717) is 0 Å². The Bertz CT molecular complexity index is 662. The van der Waals surface area contributed by atoms with E-state index in [1.165, 1.54) is 25.3 Å². The van der Waals surface area contributed by atoms with Gasteiger partial charge in [0.05, 0.1) is 18.0 Å². The van der Waals surface area contributed by atoms with Gasteiger partial charge in [0.25, 0.3) is 0 Å². The Morgan fingerprint density at radius 1 is 1.47 bits per heavy atom. The fourth-order valence-electron chi connectivity index (χ4n) is 1.62. The van der Waals surface area contributed by atoms with Crippen LogP contribution >= 0.6 is 0 Å². The van der Waals surface area contributed by atoms with E-state index in [1.54, 1.807) is 0 Å². The lowest BCUT2D eigenvalue weighted by Gasteiger charge is -2.06. The van der Waals surface area contributed by atoms with E-state index in [0.717, 1.165) is 0 Å². The second kappa shape index (κ2) is 3.89. The van der Waals surface area contributed by atoms with Gasteiger partial charge in [0.2, 0.25) is 11.4 Å². The van der Waals surface area contributed by atoms with Crippen LogP contribution < -0.4 is 10.2 Å². The standard InChI is InChI=1S/C11H8FNO4/c1-17-6-4-2-3-5-8(6)13-10(12)7(9(5)14)11(15)16/h2-4H,1H3,(H,13,14)(H,15,16). The number of carboxylic acids is 1. The Labute approximate surface area is 94.5 Å². The van der Waals surface area contributed by atoms with E-state index in [1.807, 2.05) is 0 Å². The van der Waals surface area contributed by atoms with Crippen molar-refractivity contribution in [2.24, 2.45) is 0 Å². The molecule has 6 heteroatoms. The summed E-state index contributed by atoms with van der Waals surface area (Å²) in [6.45, 7) is 0. The summed E-state index contributed by atoms with van der Waals surface area (Å²) in [5.41, 5.74) is -1.63. The average Bonchev–Trinajstić information content (AvgIpc) is 2.28. The number of aromatic nitrogens is 1. The van der Waals surface area contributed by atoms with E-state index in [9.17, 15) is 14.0 Å². The number of pyridine rings is 1. The monoisotopic (exact) mass is 237 g/mol. The van der Waals surface area contributed by atoms with Crippen LogP contribution in [0.3, 0.4) is 0 Å². The normalized spacial score (nSPS) is 10.5. The fourth-order valence-corrected chi connectivity index (χ4v) is 1.62. The Balaban J connectivity index is 2.96. The predicted molar refractivity (Wildman–Crippen MR) is 58.0 cm³/mol. The number of ether oxygens (including phenoxy) is 1. The number of rotatable bonds is 2. The Kier molecular flexibility index (Phi) is 2.55. The first-order valence-corrected chi connectivity index (χ1v) is 4.68. The highest BCUT2D eigenvalue weighted by Crippen LogP contribution is 2.21. The van der Waals surface area contributed by atoms with Crippen LogP contribution in [0.15, 0.2) is 23.0 Å². The minimum Gasteiger partial charge on any atom is -0.495 e. The van der Waals surface area contributed by atoms with E-state index >= 15 is 0 Å².